The Balaban J connectivity index is 1.50. The Morgan fingerprint density at radius 3 is 2.86 bits per heavy atom. The molecule has 1 aromatic carbocycles. The van der Waals surface area contributed by atoms with E-state index in [9.17, 15) is 0 Å². The van der Waals surface area contributed by atoms with Crippen LogP contribution in [0.25, 0.3) is 0 Å². The van der Waals surface area contributed by atoms with Gasteiger partial charge in [-0.05, 0) is 41.8 Å². The maximum atomic E-state index is 6.12. The molecule has 146 valence electrons. The maximum absolute atomic E-state index is 6.12. The number of anilines is 1. The van der Waals surface area contributed by atoms with E-state index < -0.39 is 5.41 Å². The molecule has 0 amide bonds. The molecule has 1 aromatic heterocycles. The third kappa shape index (κ3) is 2.18. The predicted molar refractivity (Wildman–Crippen MR) is 113 cm³/mol. The van der Waals surface area contributed by atoms with Crippen molar-refractivity contribution in [3.8, 4) is 0 Å². The Morgan fingerprint density at radius 2 is 2.03 bits per heavy atom. The van der Waals surface area contributed by atoms with Crippen molar-refractivity contribution in [3.63, 3.8) is 0 Å². The number of nitrogens with zero attached hydrogens (tertiary/aromatic N) is 2. The van der Waals surface area contributed by atoms with Crippen LogP contribution in [0.1, 0.15) is 17.7 Å². The summed E-state index contributed by atoms with van der Waals surface area (Å²) in [6, 6.07) is 12.0. The zero-order valence-electron chi connectivity index (χ0n) is 15.5. The van der Waals surface area contributed by atoms with Gasteiger partial charge in [0, 0.05) is 24.0 Å². The lowest BCUT2D eigenvalue weighted by Gasteiger charge is -2.33. The van der Waals surface area contributed by atoms with E-state index in [-0.39, 0.29) is 6.79 Å². The van der Waals surface area contributed by atoms with Crippen LogP contribution in [0.4, 0.5) is 5.69 Å². The number of rotatable bonds is 2. The van der Waals surface area contributed by atoms with Gasteiger partial charge in [-0.1, -0.05) is 37.0 Å². The van der Waals surface area contributed by atoms with Crippen molar-refractivity contribution >= 4 is 34.5 Å². The normalized spacial score (nSPS) is 24.5. The van der Waals surface area contributed by atoms with Gasteiger partial charge in [0.05, 0.1) is 22.6 Å². The molecule has 6 rings (SSSR count). The average Bonchev–Trinajstić information content (AvgIpc) is 3.48. The van der Waals surface area contributed by atoms with Crippen molar-refractivity contribution in [1.82, 2.24) is 4.90 Å². The van der Waals surface area contributed by atoms with Crippen LogP contribution in [0.5, 0.6) is 0 Å². The molecule has 0 aliphatic carbocycles. The molecule has 1 fully saturated rings. The van der Waals surface area contributed by atoms with Gasteiger partial charge in [-0.2, -0.15) is 0 Å². The van der Waals surface area contributed by atoms with Gasteiger partial charge in [-0.15, -0.1) is 0 Å². The van der Waals surface area contributed by atoms with Crippen molar-refractivity contribution < 1.29 is 13.9 Å². The molecule has 5 heterocycles. The maximum Gasteiger partial charge on any atom is 0.231 e. The summed E-state index contributed by atoms with van der Waals surface area (Å²) in [4.78, 5) is 5.22. The van der Waals surface area contributed by atoms with Gasteiger partial charge in [-0.25, -0.2) is 0 Å². The molecule has 0 bridgehead atoms. The van der Waals surface area contributed by atoms with Crippen molar-refractivity contribution in [3.05, 3.63) is 88.5 Å². The fourth-order valence-corrected chi connectivity index (χ4v) is 5.51. The van der Waals surface area contributed by atoms with Crippen molar-refractivity contribution in [2.75, 3.05) is 18.2 Å². The quantitative estimate of drug-likeness (QED) is 0.641. The van der Waals surface area contributed by atoms with Crippen LogP contribution in [-0.4, -0.2) is 23.2 Å². The number of fused-ring (bicyclic) bond motifs is 4. The van der Waals surface area contributed by atoms with Gasteiger partial charge in [0.1, 0.15) is 5.76 Å². The standard InChI is InChI=1S/C22H17ClN2O3S/c1-13-20-17(26-12-27-20)10-18-22(8-9-24(13)18)15-4-2-3-5-16(15)25(21(22)29)11-14-6-7-19(23)28-14/h2-7,10H,1,8-9,11-12H2. The second kappa shape index (κ2) is 5.90. The van der Waals surface area contributed by atoms with Gasteiger partial charge >= 0.3 is 0 Å². The summed E-state index contributed by atoms with van der Waals surface area (Å²) in [6.45, 7) is 5.84. The highest BCUT2D eigenvalue weighted by molar-refractivity contribution is 7.80. The van der Waals surface area contributed by atoms with Gasteiger partial charge in [-0.3, -0.25) is 0 Å². The van der Waals surface area contributed by atoms with E-state index in [0.29, 0.717) is 11.8 Å². The summed E-state index contributed by atoms with van der Waals surface area (Å²) >= 11 is 12.1. The molecule has 29 heavy (non-hydrogen) atoms. The lowest BCUT2D eigenvalue weighted by Crippen LogP contribution is -2.40. The van der Waals surface area contributed by atoms with Crippen LogP contribution >= 0.6 is 23.8 Å². The Morgan fingerprint density at radius 1 is 1.17 bits per heavy atom. The van der Waals surface area contributed by atoms with Crippen LogP contribution in [-0.2, 0) is 21.4 Å². The molecule has 1 spiro atoms. The number of allylic oxidation sites excluding steroid dienone is 1. The van der Waals surface area contributed by atoms with E-state index in [1.165, 1.54) is 5.56 Å². The van der Waals surface area contributed by atoms with Crippen LogP contribution in [0.15, 0.2) is 76.4 Å². The highest BCUT2D eigenvalue weighted by atomic mass is 35.5. The molecule has 0 radical (unpaired) electrons. The number of hydrogen-bond donors (Lipinski definition) is 0. The van der Waals surface area contributed by atoms with E-state index in [0.717, 1.165) is 52.3 Å². The Kier molecular flexibility index (Phi) is 3.50. The Bertz CT molecular complexity index is 1150. The summed E-state index contributed by atoms with van der Waals surface area (Å²) in [7, 11) is 0. The Labute approximate surface area is 178 Å². The minimum absolute atomic E-state index is 0.223. The van der Waals surface area contributed by atoms with E-state index in [1.54, 1.807) is 6.07 Å². The molecular weight excluding hydrogens is 408 g/mol. The summed E-state index contributed by atoms with van der Waals surface area (Å²) < 4.78 is 16.9. The monoisotopic (exact) mass is 424 g/mol. The van der Waals surface area contributed by atoms with Gasteiger partial charge in [0.15, 0.2) is 16.7 Å². The minimum Gasteiger partial charge on any atom is -0.453 e. The molecule has 1 saturated heterocycles. The van der Waals surface area contributed by atoms with Crippen LogP contribution < -0.4 is 4.90 Å². The number of thiocarbonyl (C=S) groups is 1. The molecule has 1 atom stereocenters. The third-order valence-corrected chi connectivity index (χ3v) is 6.92. The summed E-state index contributed by atoms with van der Waals surface area (Å²) in [6.07, 6.45) is 2.93. The number of para-hydroxylation sites is 1. The number of halogens is 1. The number of benzene rings is 1. The largest absolute Gasteiger partial charge is 0.453 e. The lowest BCUT2D eigenvalue weighted by atomic mass is 9.78. The average molecular weight is 425 g/mol. The smallest absolute Gasteiger partial charge is 0.231 e. The summed E-state index contributed by atoms with van der Waals surface area (Å²) in [5.41, 5.74) is 3.83. The van der Waals surface area contributed by atoms with Crippen LogP contribution in [0.2, 0.25) is 5.22 Å². The van der Waals surface area contributed by atoms with Gasteiger partial charge in [0.25, 0.3) is 0 Å². The van der Waals surface area contributed by atoms with Crippen molar-refractivity contribution in [1.29, 1.82) is 0 Å². The SMILES string of the molecule is C=C1C2=C(C=C3N1CCC31C(=S)N(Cc3ccc(Cl)o3)c3ccccc31)OCO2. The highest BCUT2D eigenvalue weighted by Crippen LogP contribution is 2.56. The lowest BCUT2D eigenvalue weighted by molar-refractivity contribution is 0.0756. The molecule has 1 unspecified atom stereocenters. The van der Waals surface area contributed by atoms with E-state index in [4.69, 9.17) is 37.7 Å². The first-order valence-corrected chi connectivity index (χ1v) is 10.2. The van der Waals surface area contributed by atoms with Crippen LogP contribution in [0, 0.1) is 0 Å². The molecule has 4 aliphatic rings. The molecule has 7 heteroatoms. The predicted octanol–water partition coefficient (Wildman–Crippen LogP) is 4.85. The third-order valence-electron chi connectivity index (χ3n) is 6.14. The van der Waals surface area contributed by atoms with Gasteiger partial charge < -0.3 is 23.7 Å². The summed E-state index contributed by atoms with van der Waals surface area (Å²) in [5, 5.41) is 0.379. The van der Waals surface area contributed by atoms with Crippen molar-refractivity contribution in [2.45, 2.75) is 18.4 Å². The molecule has 5 nitrogen and oxygen atoms in total. The molecular formula is C22H17ClN2O3S. The zero-order valence-corrected chi connectivity index (χ0v) is 17.1. The fraction of sp³-hybridized carbons (Fsp3) is 0.227. The molecule has 0 N–H and O–H groups in total. The van der Waals surface area contributed by atoms with Crippen LogP contribution in [0.3, 0.4) is 0 Å². The second-order valence-corrected chi connectivity index (χ2v) is 8.26. The second-order valence-electron chi connectivity index (χ2n) is 7.50. The molecule has 2 aromatic rings. The topological polar surface area (TPSA) is 38.1 Å². The number of furan rings is 1. The summed E-state index contributed by atoms with van der Waals surface area (Å²) in [5.74, 6) is 2.24. The minimum atomic E-state index is -0.407. The molecule has 4 aliphatic heterocycles. The Hall–Kier alpha value is -2.70. The first-order valence-electron chi connectivity index (χ1n) is 9.44. The van der Waals surface area contributed by atoms with E-state index in [1.807, 2.05) is 12.1 Å². The van der Waals surface area contributed by atoms with E-state index >= 15 is 0 Å². The number of hydrogen-bond acceptors (Lipinski definition) is 5. The fourth-order valence-electron chi connectivity index (χ4n) is 4.87. The van der Waals surface area contributed by atoms with E-state index in [2.05, 4.69) is 40.7 Å². The number of ether oxygens (including phenoxy) is 2. The van der Waals surface area contributed by atoms with Crippen molar-refractivity contribution in [2.24, 2.45) is 0 Å². The highest BCUT2D eigenvalue weighted by Gasteiger charge is 2.57. The molecule has 0 saturated carbocycles. The first-order chi connectivity index (χ1) is 14.1. The first kappa shape index (κ1) is 17.2. The van der Waals surface area contributed by atoms with Gasteiger partial charge in [0.2, 0.25) is 6.79 Å². The zero-order chi connectivity index (χ0) is 19.8.